The number of likely N-dealkylation sites (tertiary alicyclic amines) is 1. The molecule has 3 rings (SSSR count). The molecular weight excluding hydrogens is 282 g/mol. The first kappa shape index (κ1) is 12.7. The van der Waals surface area contributed by atoms with Crippen molar-refractivity contribution in [3.63, 3.8) is 0 Å². The molecule has 0 bridgehead atoms. The summed E-state index contributed by atoms with van der Waals surface area (Å²) in [5.41, 5.74) is 0.864. The van der Waals surface area contributed by atoms with Gasteiger partial charge in [0.2, 0.25) is 0 Å². The molecule has 1 aromatic carbocycles. The van der Waals surface area contributed by atoms with E-state index in [-0.39, 0.29) is 6.03 Å². The lowest BCUT2D eigenvalue weighted by Gasteiger charge is -2.26. The van der Waals surface area contributed by atoms with Gasteiger partial charge in [-0.25, -0.2) is 9.78 Å². The molecule has 0 radical (unpaired) electrons. The zero-order valence-electron chi connectivity index (χ0n) is 10.4. The summed E-state index contributed by atoms with van der Waals surface area (Å²) >= 11 is 7.39. The summed E-state index contributed by atoms with van der Waals surface area (Å²) in [5.74, 6) is 0. The van der Waals surface area contributed by atoms with Gasteiger partial charge in [-0.15, -0.1) is 0 Å². The summed E-state index contributed by atoms with van der Waals surface area (Å²) < 4.78 is 0.987. The molecule has 1 N–H and O–H groups in total. The van der Waals surface area contributed by atoms with Crippen molar-refractivity contribution in [1.82, 2.24) is 9.88 Å². The molecule has 0 unspecified atom stereocenters. The Morgan fingerprint density at radius 1 is 1.32 bits per heavy atom. The first-order chi connectivity index (χ1) is 9.22. The maximum absolute atomic E-state index is 12.1. The molecule has 2 aromatic rings. The highest BCUT2D eigenvalue weighted by molar-refractivity contribution is 7.22. The predicted molar refractivity (Wildman–Crippen MR) is 79.1 cm³/mol. The number of amides is 2. The van der Waals surface area contributed by atoms with Crippen LogP contribution in [0.25, 0.3) is 10.2 Å². The number of carbonyl (C=O) groups excluding carboxylic acids is 1. The second-order valence-corrected chi connectivity index (χ2v) is 6.08. The highest BCUT2D eigenvalue weighted by atomic mass is 35.5. The third kappa shape index (κ3) is 2.82. The smallest absolute Gasteiger partial charge is 0.323 e. The van der Waals surface area contributed by atoms with Gasteiger partial charge in [-0.2, -0.15) is 0 Å². The minimum absolute atomic E-state index is 0.0511. The molecule has 2 amide bonds. The molecule has 0 aliphatic carbocycles. The summed E-state index contributed by atoms with van der Waals surface area (Å²) in [6.07, 6.45) is 3.38. The van der Waals surface area contributed by atoms with Crippen molar-refractivity contribution in [1.29, 1.82) is 0 Å². The van der Waals surface area contributed by atoms with Gasteiger partial charge >= 0.3 is 6.03 Å². The van der Waals surface area contributed by atoms with Crippen LogP contribution >= 0.6 is 22.9 Å². The molecule has 4 nitrogen and oxygen atoms in total. The number of rotatable bonds is 1. The van der Waals surface area contributed by atoms with Gasteiger partial charge in [0.25, 0.3) is 0 Å². The Morgan fingerprint density at radius 2 is 2.11 bits per heavy atom. The van der Waals surface area contributed by atoms with Crippen LogP contribution in [0.5, 0.6) is 0 Å². The zero-order chi connectivity index (χ0) is 13.2. The molecule has 19 heavy (non-hydrogen) atoms. The van der Waals surface area contributed by atoms with Crippen LogP contribution in [0.4, 0.5) is 9.93 Å². The first-order valence-electron chi connectivity index (χ1n) is 6.34. The molecule has 1 fully saturated rings. The predicted octanol–water partition coefficient (Wildman–Crippen LogP) is 3.97. The molecular formula is C13H14ClN3OS. The zero-order valence-corrected chi connectivity index (χ0v) is 11.9. The number of hydrogen-bond donors (Lipinski definition) is 1. The number of piperidine rings is 1. The Bertz CT molecular complexity index is 607. The fraction of sp³-hybridized carbons (Fsp3) is 0.385. The lowest BCUT2D eigenvalue weighted by molar-refractivity contribution is 0.200. The lowest BCUT2D eigenvalue weighted by atomic mass is 10.1. The first-order valence-corrected chi connectivity index (χ1v) is 7.54. The summed E-state index contributed by atoms with van der Waals surface area (Å²) in [7, 11) is 0. The maximum atomic E-state index is 12.1. The molecule has 1 saturated heterocycles. The van der Waals surface area contributed by atoms with Crippen LogP contribution in [0.2, 0.25) is 5.02 Å². The van der Waals surface area contributed by atoms with Crippen molar-refractivity contribution >= 4 is 44.3 Å². The third-order valence-electron chi connectivity index (χ3n) is 3.21. The fourth-order valence-electron chi connectivity index (χ4n) is 2.22. The van der Waals surface area contributed by atoms with Crippen LogP contribution in [-0.2, 0) is 0 Å². The molecule has 6 heteroatoms. The van der Waals surface area contributed by atoms with Gasteiger partial charge in [0.1, 0.15) is 0 Å². The van der Waals surface area contributed by atoms with E-state index >= 15 is 0 Å². The molecule has 1 aliphatic heterocycles. The van der Waals surface area contributed by atoms with Crippen molar-refractivity contribution in [2.75, 3.05) is 18.4 Å². The largest absolute Gasteiger partial charge is 0.324 e. The van der Waals surface area contributed by atoms with Gasteiger partial charge in [-0.1, -0.05) is 22.9 Å². The van der Waals surface area contributed by atoms with E-state index in [4.69, 9.17) is 11.6 Å². The summed E-state index contributed by atoms with van der Waals surface area (Å²) in [6.45, 7) is 1.67. The van der Waals surface area contributed by atoms with Crippen LogP contribution in [0.15, 0.2) is 18.2 Å². The quantitative estimate of drug-likeness (QED) is 0.865. The highest BCUT2D eigenvalue weighted by Crippen LogP contribution is 2.28. The van der Waals surface area contributed by atoms with Gasteiger partial charge in [-0.3, -0.25) is 5.32 Å². The fourth-order valence-corrected chi connectivity index (χ4v) is 3.35. The molecule has 1 aromatic heterocycles. The Hall–Kier alpha value is -1.33. The molecule has 0 spiro atoms. The van der Waals surface area contributed by atoms with E-state index in [0.717, 1.165) is 36.1 Å². The maximum Gasteiger partial charge on any atom is 0.323 e. The number of nitrogens with zero attached hydrogens (tertiary/aromatic N) is 2. The van der Waals surface area contributed by atoms with Gasteiger partial charge < -0.3 is 4.90 Å². The van der Waals surface area contributed by atoms with Crippen molar-refractivity contribution in [2.24, 2.45) is 0 Å². The number of nitrogens with one attached hydrogen (secondary N) is 1. The van der Waals surface area contributed by atoms with Crippen LogP contribution in [-0.4, -0.2) is 29.0 Å². The number of fused-ring (bicyclic) bond motifs is 1. The van der Waals surface area contributed by atoms with E-state index in [9.17, 15) is 4.79 Å². The van der Waals surface area contributed by atoms with Crippen molar-refractivity contribution < 1.29 is 4.79 Å². The van der Waals surface area contributed by atoms with Crippen LogP contribution in [0.3, 0.4) is 0 Å². The SMILES string of the molecule is O=C(Nc1nc2ccc(Cl)cc2s1)N1CCCCC1. The van der Waals surface area contributed by atoms with Gasteiger partial charge in [0.05, 0.1) is 10.2 Å². The normalized spacial score (nSPS) is 15.7. The molecule has 1 aliphatic rings. The average molecular weight is 296 g/mol. The Morgan fingerprint density at radius 3 is 2.89 bits per heavy atom. The Labute approximate surface area is 120 Å². The third-order valence-corrected chi connectivity index (χ3v) is 4.38. The van der Waals surface area contributed by atoms with Crippen LogP contribution in [0.1, 0.15) is 19.3 Å². The number of urea groups is 1. The van der Waals surface area contributed by atoms with E-state index in [1.165, 1.54) is 17.8 Å². The summed E-state index contributed by atoms with van der Waals surface area (Å²) in [5, 5.41) is 4.19. The van der Waals surface area contributed by atoms with E-state index in [1.807, 2.05) is 17.0 Å². The van der Waals surface area contributed by atoms with E-state index in [1.54, 1.807) is 6.07 Å². The Kier molecular flexibility index (Phi) is 3.57. The highest BCUT2D eigenvalue weighted by Gasteiger charge is 2.17. The summed E-state index contributed by atoms with van der Waals surface area (Å²) in [4.78, 5) is 18.3. The monoisotopic (exact) mass is 295 g/mol. The number of aromatic nitrogens is 1. The minimum Gasteiger partial charge on any atom is -0.324 e. The number of thiazole rings is 1. The van der Waals surface area contributed by atoms with Crippen LogP contribution in [0, 0.1) is 0 Å². The van der Waals surface area contributed by atoms with Gasteiger partial charge in [-0.05, 0) is 37.5 Å². The number of anilines is 1. The second kappa shape index (κ2) is 5.35. The number of carbonyl (C=O) groups is 1. The van der Waals surface area contributed by atoms with E-state index in [0.29, 0.717) is 10.2 Å². The molecule has 2 heterocycles. The van der Waals surface area contributed by atoms with Crippen molar-refractivity contribution in [3.8, 4) is 0 Å². The summed E-state index contributed by atoms with van der Waals surface area (Å²) in [6, 6.07) is 5.49. The van der Waals surface area contributed by atoms with Gasteiger partial charge in [0.15, 0.2) is 5.13 Å². The molecule has 0 saturated carbocycles. The molecule has 100 valence electrons. The van der Waals surface area contributed by atoms with Crippen molar-refractivity contribution in [3.05, 3.63) is 23.2 Å². The minimum atomic E-state index is -0.0511. The van der Waals surface area contributed by atoms with E-state index in [2.05, 4.69) is 10.3 Å². The molecule has 0 atom stereocenters. The second-order valence-electron chi connectivity index (χ2n) is 4.61. The Balaban J connectivity index is 1.75. The number of halogens is 1. The van der Waals surface area contributed by atoms with Crippen LogP contribution < -0.4 is 5.32 Å². The standard InChI is InChI=1S/C13H14ClN3OS/c14-9-4-5-10-11(8-9)19-12(15-10)16-13(18)17-6-2-1-3-7-17/h4-5,8H,1-3,6-7H2,(H,15,16,18). The lowest BCUT2D eigenvalue weighted by Crippen LogP contribution is -2.38. The number of hydrogen-bond acceptors (Lipinski definition) is 3. The number of benzene rings is 1. The topological polar surface area (TPSA) is 45.2 Å². The van der Waals surface area contributed by atoms with E-state index < -0.39 is 0 Å². The van der Waals surface area contributed by atoms with Crippen molar-refractivity contribution in [2.45, 2.75) is 19.3 Å². The average Bonchev–Trinajstić information content (AvgIpc) is 2.81. The van der Waals surface area contributed by atoms with Gasteiger partial charge in [0, 0.05) is 18.1 Å².